The minimum Gasteiger partial charge on any atom is -0.549 e. The fraction of sp³-hybridized carbons (Fsp3) is 0.286. The van der Waals surface area contributed by atoms with Crippen LogP contribution in [0.15, 0.2) is 42.0 Å². The van der Waals surface area contributed by atoms with Crippen LogP contribution in [0.5, 0.6) is 0 Å². The van der Waals surface area contributed by atoms with Gasteiger partial charge in [0.15, 0.2) is 0 Å². The molecule has 0 bridgehead atoms. The number of esters is 1. The number of carbonyl (C=O) groups excluding carboxylic acids is 2. The number of carbonyl (C=O) groups is 2. The first-order chi connectivity index (χ1) is 9.10. The number of hydrogen-bond acceptors (Lipinski definition) is 5. The maximum Gasteiger partial charge on any atom is 1.00 e. The quantitative estimate of drug-likeness (QED) is 0.343. The molecule has 0 amide bonds. The summed E-state index contributed by atoms with van der Waals surface area (Å²) >= 11 is 0. The molecule has 102 valence electrons. The monoisotopic (exact) mass is 301 g/mol. The van der Waals surface area contributed by atoms with Crippen molar-refractivity contribution >= 4 is 11.9 Å². The van der Waals surface area contributed by atoms with Gasteiger partial charge in [-0.15, -0.1) is 0 Å². The molecule has 0 aliphatic carbocycles. The molecule has 0 radical (unpaired) electrons. The van der Waals surface area contributed by atoms with Crippen LogP contribution in [0.3, 0.4) is 0 Å². The summed E-state index contributed by atoms with van der Waals surface area (Å²) < 4.78 is 4.76. The van der Waals surface area contributed by atoms with Crippen LogP contribution in [0, 0.1) is 0 Å². The van der Waals surface area contributed by atoms with Crippen LogP contribution in [0.25, 0.3) is 0 Å². The molecule has 0 aliphatic heterocycles. The minimum atomic E-state index is -1.30. The maximum absolute atomic E-state index is 11.4. The molecular formula is C14H16KNO4. The van der Waals surface area contributed by atoms with Crippen molar-refractivity contribution in [3.8, 4) is 0 Å². The Morgan fingerprint density at radius 3 is 2.40 bits per heavy atom. The van der Waals surface area contributed by atoms with E-state index in [-0.39, 0.29) is 70.1 Å². The average Bonchev–Trinajstić information content (AvgIpc) is 2.39. The van der Waals surface area contributed by atoms with E-state index in [9.17, 15) is 14.7 Å². The third-order valence-corrected chi connectivity index (χ3v) is 2.56. The molecule has 0 fully saturated rings. The molecule has 0 saturated heterocycles. The topological polar surface area (TPSA) is 92.5 Å². The number of rotatable bonds is 6. The molecule has 0 aliphatic rings. The molecule has 1 rings (SSSR count). The molecule has 0 aromatic heterocycles. The van der Waals surface area contributed by atoms with Gasteiger partial charge in [-0.05, 0) is 18.1 Å². The van der Waals surface area contributed by atoms with E-state index in [0.717, 1.165) is 6.08 Å². The van der Waals surface area contributed by atoms with Gasteiger partial charge in [-0.25, -0.2) is 4.79 Å². The van der Waals surface area contributed by atoms with Crippen molar-refractivity contribution in [3.63, 3.8) is 0 Å². The van der Waals surface area contributed by atoms with Gasteiger partial charge in [-0.3, -0.25) is 0 Å². The third kappa shape index (κ3) is 5.86. The van der Waals surface area contributed by atoms with Crippen molar-refractivity contribution in [3.05, 3.63) is 47.5 Å². The average molecular weight is 301 g/mol. The molecule has 1 aromatic rings. The van der Waals surface area contributed by atoms with E-state index in [1.54, 1.807) is 37.3 Å². The van der Waals surface area contributed by atoms with Crippen LogP contribution in [0.1, 0.15) is 18.4 Å². The summed E-state index contributed by atoms with van der Waals surface area (Å²) in [7, 11) is 0. The van der Waals surface area contributed by atoms with Crippen molar-refractivity contribution in [1.29, 1.82) is 0 Å². The summed E-state index contributed by atoms with van der Waals surface area (Å²) in [5, 5.41) is 11.3. The Kier molecular flexibility index (Phi) is 10.00. The van der Waals surface area contributed by atoms with Crippen molar-refractivity contribution in [2.75, 3.05) is 13.2 Å². The largest absolute Gasteiger partial charge is 1.00 e. The number of ether oxygens (including phenoxy) is 1. The van der Waals surface area contributed by atoms with Gasteiger partial charge in [0.1, 0.15) is 0 Å². The number of carboxylic acid groups (broad SMARTS) is 1. The number of hydrogen-bond donors (Lipinski definition) is 1. The minimum absolute atomic E-state index is 0. The first-order valence-electron chi connectivity index (χ1n) is 5.93. The molecule has 20 heavy (non-hydrogen) atoms. The Bertz CT molecular complexity index is 473. The van der Waals surface area contributed by atoms with Crippen LogP contribution < -0.4 is 62.2 Å². The summed E-state index contributed by atoms with van der Waals surface area (Å²) in [6, 6.07) is 8.49. The Morgan fingerprint density at radius 2 is 1.95 bits per heavy atom. The molecule has 0 spiro atoms. The van der Waals surface area contributed by atoms with Crippen molar-refractivity contribution in [1.82, 2.24) is 0 Å². The number of carboxylic acids is 1. The van der Waals surface area contributed by atoms with E-state index in [1.165, 1.54) is 0 Å². The zero-order valence-electron chi connectivity index (χ0n) is 11.7. The van der Waals surface area contributed by atoms with Gasteiger partial charge in [0, 0.05) is 18.5 Å². The van der Waals surface area contributed by atoms with Gasteiger partial charge in [0.05, 0.1) is 12.6 Å². The van der Waals surface area contributed by atoms with E-state index in [4.69, 9.17) is 10.5 Å². The van der Waals surface area contributed by atoms with E-state index in [0.29, 0.717) is 5.56 Å². The van der Waals surface area contributed by atoms with Crippen LogP contribution in [-0.4, -0.2) is 25.1 Å². The van der Waals surface area contributed by atoms with E-state index in [2.05, 4.69) is 0 Å². The summed E-state index contributed by atoms with van der Waals surface area (Å²) in [6.45, 7) is 1.82. The summed E-state index contributed by atoms with van der Waals surface area (Å²) in [5.41, 5.74) is 6.30. The van der Waals surface area contributed by atoms with Crippen LogP contribution in [-0.2, 0) is 14.3 Å². The number of nitrogens with two attached hydrogens (primary N) is 1. The van der Waals surface area contributed by atoms with Crippen LogP contribution >= 0.6 is 0 Å². The molecule has 2 N–H and O–H groups in total. The standard InChI is InChI=1S/C14H17NO4.K/c1-2-19-12(16)8-11(9-15)13(14(17)18)10-6-4-3-5-7-10;/h3-8,13H,2,9,15H2,1H3,(H,17,18);/q;+1/p-1/b11-8-;. The predicted molar refractivity (Wildman–Crippen MR) is 68.0 cm³/mol. The van der Waals surface area contributed by atoms with E-state index < -0.39 is 17.9 Å². The Labute approximate surface area is 160 Å². The predicted octanol–water partition coefficient (Wildman–Crippen LogP) is -3.03. The van der Waals surface area contributed by atoms with Crippen LogP contribution in [0.2, 0.25) is 0 Å². The summed E-state index contributed by atoms with van der Waals surface area (Å²) in [4.78, 5) is 22.7. The van der Waals surface area contributed by atoms with Gasteiger partial charge in [-0.2, -0.15) is 0 Å². The third-order valence-electron chi connectivity index (χ3n) is 2.56. The molecule has 6 heteroatoms. The first kappa shape index (κ1) is 19.5. The Hall–Kier alpha value is -0.504. The van der Waals surface area contributed by atoms with Crippen molar-refractivity contribution < 1.29 is 70.8 Å². The fourth-order valence-corrected chi connectivity index (χ4v) is 1.74. The molecule has 0 saturated carbocycles. The number of aliphatic carboxylic acids is 1. The normalized spacial score (nSPS) is 12.2. The number of benzene rings is 1. The van der Waals surface area contributed by atoms with Gasteiger partial charge in [-0.1, -0.05) is 30.3 Å². The Morgan fingerprint density at radius 1 is 1.35 bits per heavy atom. The molecule has 1 atom stereocenters. The van der Waals surface area contributed by atoms with Gasteiger partial charge >= 0.3 is 57.4 Å². The second-order valence-corrected chi connectivity index (χ2v) is 3.84. The zero-order valence-corrected chi connectivity index (χ0v) is 14.8. The van der Waals surface area contributed by atoms with Gasteiger partial charge in [0.25, 0.3) is 0 Å². The summed E-state index contributed by atoms with van der Waals surface area (Å²) in [5.74, 6) is -2.95. The molecule has 1 aromatic carbocycles. The molecular weight excluding hydrogens is 285 g/mol. The van der Waals surface area contributed by atoms with Gasteiger partial charge in [0.2, 0.25) is 0 Å². The SMILES string of the molecule is CCOC(=O)/C=C(/CN)C(C(=O)[O-])c1ccccc1.[K+]. The molecule has 1 unspecified atom stereocenters. The van der Waals surface area contributed by atoms with Crippen molar-refractivity contribution in [2.45, 2.75) is 12.8 Å². The maximum atomic E-state index is 11.4. The van der Waals surface area contributed by atoms with E-state index >= 15 is 0 Å². The first-order valence-corrected chi connectivity index (χ1v) is 5.93. The summed E-state index contributed by atoms with van der Waals surface area (Å²) in [6.07, 6.45) is 1.12. The second kappa shape index (κ2) is 10.3. The van der Waals surface area contributed by atoms with E-state index in [1.807, 2.05) is 0 Å². The van der Waals surface area contributed by atoms with Gasteiger partial charge < -0.3 is 20.4 Å². The fourth-order valence-electron chi connectivity index (χ4n) is 1.74. The Balaban J connectivity index is 0.00000361. The smallest absolute Gasteiger partial charge is 0.549 e. The molecule has 0 heterocycles. The van der Waals surface area contributed by atoms with Crippen molar-refractivity contribution in [2.24, 2.45) is 5.73 Å². The van der Waals surface area contributed by atoms with Crippen LogP contribution in [0.4, 0.5) is 0 Å². The molecule has 5 nitrogen and oxygen atoms in total. The second-order valence-electron chi connectivity index (χ2n) is 3.84. The zero-order chi connectivity index (χ0) is 14.3.